The number of benzene rings is 3. The molecule has 3 aromatic carbocycles. The molecule has 41 heavy (non-hydrogen) atoms. The van der Waals surface area contributed by atoms with Crippen molar-refractivity contribution in [3.63, 3.8) is 0 Å². The van der Waals surface area contributed by atoms with Gasteiger partial charge in [-0.3, -0.25) is 14.2 Å². The van der Waals surface area contributed by atoms with Crippen LogP contribution >= 0.6 is 0 Å². The molecule has 0 aliphatic carbocycles. The molecule has 0 fully saturated rings. The minimum atomic E-state index is -0.321. The second kappa shape index (κ2) is 9.88. The molecule has 0 bridgehead atoms. The number of hydrogen-bond donors (Lipinski definition) is 3. The van der Waals surface area contributed by atoms with E-state index < -0.39 is 0 Å². The van der Waals surface area contributed by atoms with Crippen molar-refractivity contribution in [2.45, 2.75) is 19.6 Å². The molecule has 9 nitrogen and oxygen atoms in total. The largest absolute Gasteiger partial charge is 0.392 e. The Morgan fingerprint density at radius 3 is 2.71 bits per heavy atom. The number of fused-ring (bicyclic) bond motifs is 4. The predicted octanol–water partition coefficient (Wildman–Crippen LogP) is 3.89. The van der Waals surface area contributed by atoms with Gasteiger partial charge in [-0.15, -0.1) is 0 Å². The van der Waals surface area contributed by atoms with Crippen LogP contribution in [-0.2, 0) is 26.6 Å². The first kappa shape index (κ1) is 25.0. The van der Waals surface area contributed by atoms with Crippen LogP contribution in [0.15, 0.2) is 94.9 Å². The van der Waals surface area contributed by atoms with Crippen molar-refractivity contribution in [2.75, 3.05) is 11.9 Å². The van der Waals surface area contributed by atoms with E-state index in [4.69, 9.17) is 4.98 Å². The number of aryl methyl sites for hydroxylation is 1. The van der Waals surface area contributed by atoms with Crippen molar-refractivity contribution in [1.82, 2.24) is 23.8 Å². The molecule has 0 atom stereocenters. The summed E-state index contributed by atoms with van der Waals surface area (Å²) in [5, 5.41) is 18.1. The van der Waals surface area contributed by atoms with Crippen molar-refractivity contribution in [3.05, 3.63) is 123 Å². The SMILES string of the molecule is Cn1cc(-c2cccc(-n3ccn4c(cc5ccccc54)c3=O)c2CO)nc(Nc2ccc3c(c2)CCNC3)c1=O. The van der Waals surface area contributed by atoms with Crippen LogP contribution in [0.4, 0.5) is 11.5 Å². The summed E-state index contributed by atoms with van der Waals surface area (Å²) in [5.41, 5.74) is 6.54. The summed E-state index contributed by atoms with van der Waals surface area (Å²) >= 11 is 0. The highest BCUT2D eigenvalue weighted by Crippen LogP contribution is 2.29. The molecule has 0 radical (unpaired) electrons. The molecule has 3 N–H and O–H groups in total. The molecule has 4 heterocycles. The lowest BCUT2D eigenvalue weighted by atomic mass is 10.0. The number of rotatable bonds is 5. The summed E-state index contributed by atoms with van der Waals surface area (Å²) in [6.45, 7) is 1.43. The second-order valence-corrected chi connectivity index (χ2v) is 10.3. The molecule has 6 aromatic rings. The summed E-state index contributed by atoms with van der Waals surface area (Å²) in [7, 11) is 1.68. The molecule has 3 aromatic heterocycles. The summed E-state index contributed by atoms with van der Waals surface area (Å²) < 4.78 is 4.90. The van der Waals surface area contributed by atoms with Gasteiger partial charge in [-0.2, -0.15) is 0 Å². The average Bonchev–Trinajstić information content (AvgIpc) is 3.39. The van der Waals surface area contributed by atoms with Gasteiger partial charge in [0.2, 0.25) is 0 Å². The van der Waals surface area contributed by atoms with E-state index in [0.717, 1.165) is 36.1 Å². The Balaban J connectivity index is 1.33. The summed E-state index contributed by atoms with van der Waals surface area (Å²) in [6, 6.07) is 21.3. The lowest BCUT2D eigenvalue weighted by molar-refractivity contribution is 0.282. The van der Waals surface area contributed by atoms with Gasteiger partial charge in [0.15, 0.2) is 5.82 Å². The van der Waals surface area contributed by atoms with Crippen molar-refractivity contribution in [1.29, 1.82) is 0 Å². The van der Waals surface area contributed by atoms with Gasteiger partial charge in [0.25, 0.3) is 11.1 Å². The Hall–Kier alpha value is -4.99. The van der Waals surface area contributed by atoms with Gasteiger partial charge in [0, 0.05) is 54.4 Å². The maximum absolute atomic E-state index is 13.7. The second-order valence-electron chi connectivity index (χ2n) is 10.3. The molecule has 0 amide bonds. The predicted molar refractivity (Wildman–Crippen MR) is 160 cm³/mol. The van der Waals surface area contributed by atoms with Crippen LogP contribution in [0.5, 0.6) is 0 Å². The first-order valence-electron chi connectivity index (χ1n) is 13.5. The Kier molecular flexibility index (Phi) is 6.03. The zero-order valence-electron chi connectivity index (χ0n) is 22.5. The van der Waals surface area contributed by atoms with Crippen molar-refractivity contribution >= 4 is 27.9 Å². The van der Waals surface area contributed by atoms with Crippen LogP contribution in [0.2, 0.25) is 0 Å². The highest BCUT2D eigenvalue weighted by Gasteiger charge is 2.18. The Morgan fingerprint density at radius 2 is 1.83 bits per heavy atom. The third kappa shape index (κ3) is 4.23. The zero-order valence-corrected chi connectivity index (χ0v) is 22.5. The highest BCUT2D eigenvalue weighted by atomic mass is 16.3. The van der Waals surface area contributed by atoms with Crippen LogP contribution in [0.3, 0.4) is 0 Å². The van der Waals surface area contributed by atoms with Crippen LogP contribution in [0, 0.1) is 0 Å². The van der Waals surface area contributed by atoms with E-state index in [1.165, 1.54) is 15.7 Å². The van der Waals surface area contributed by atoms with Gasteiger partial charge < -0.3 is 24.7 Å². The first-order chi connectivity index (χ1) is 20.0. The maximum Gasteiger partial charge on any atom is 0.293 e. The molecule has 1 aliphatic heterocycles. The van der Waals surface area contributed by atoms with E-state index in [-0.39, 0.29) is 23.5 Å². The minimum absolute atomic E-state index is 0.187. The summed E-state index contributed by atoms with van der Waals surface area (Å²) in [5.74, 6) is 0.187. The van der Waals surface area contributed by atoms with Crippen molar-refractivity contribution in [3.8, 4) is 16.9 Å². The third-order valence-electron chi connectivity index (χ3n) is 7.82. The maximum atomic E-state index is 13.7. The van der Waals surface area contributed by atoms with Crippen molar-refractivity contribution < 1.29 is 5.11 Å². The van der Waals surface area contributed by atoms with Gasteiger partial charge in [-0.25, -0.2) is 4.98 Å². The monoisotopic (exact) mass is 544 g/mol. The first-order valence-corrected chi connectivity index (χ1v) is 13.5. The number of anilines is 2. The van der Waals surface area contributed by atoms with Crippen LogP contribution in [0.1, 0.15) is 16.7 Å². The van der Waals surface area contributed by atoms with Gasteiger partial charge in [0.1, 0.15) is 5.52 Å². The topological polar surface area (TPSA) is 106 Å². The quantitative estimate of drug-likeness (QED) is 0.304. The van der Waals surface area contributed by atoms with Gasteiger partial charge in [-0.1, -0.05) is 36.4 Å². The normalized spacial score (nSPS) is 13.0. The molecule has 7 rings (SSSR count). The molecule has 0 saturated heterocycles. The number of aliphatic hydroxyl groups is 1. The Morgan fingerprint density at radius 1 is 0.951 bits per heavy atom. The number of para-hydroxylation sites is 1. The number of aliphatic hydroxyl groups excluding tert-OH is 1. The standard InChI is InChI=1S/C32H28N6O3/c1-36-18-26(35-30(32(36)41)34-23-10-9-22-17-33-12-11-20(22)15-23)24-6-4-8-28(25(24)19-39)38-14-13-37-27-7-3-2-5-21(27)16-29(37)31(38)40/h2-10,13-16,18,33,39H,11-12,17,19H2,1H3,(H,34,35). The fourth-order valence-corrected chi connectivity index (χ4v) is 5.73. The van der Waals surface area contributed by atoms with E-state index >= 15 is 0 Å². The van der Waals surface area contributed by atoms with Crippen LogP contribution in [0.25, 0.3) is 33.4 Å². The molecule has 1 aliphatic rings. The van der Waals surface area contributed by atoms with Crippen LogP contribution < -0.4 is 21.8 Å². The summed E-state index contributed by atoms with van der Waals surface area (Å²) in [6.07, 6.45) is 6.14. The fraction of sp³-hybridized carbons (Fsp3) is 0.156. The van der Waals surface area contributed by atoms with E-state index in [0.29, 0.717) is 28.0 Å². The van der Waals surface area contributed by atoms with E-state index in [2.05, 4.69) is 22.8 Å². The number of aromatic nitrogens is 4. The number of nitrogens with one attached hydrogen (secondary N) is 2. The Labute approximate surface area is 235 Å². The fourth-order valence-electron chi connectivity index (χ4n) is 5.73. The minimum Gasteiger partial charge on any atom is -0.392 e. The van der Waals surface area contributed by atoms with E-state index in [1.807, 2.05) is 59.1 Å². The third-order valence-corrected chi connectivity index (χ3v) is 7.82. The number of hydrogen-bond acceptors (Lipinski definition) is 6. The smallest absolute Gasteiger partial charge is 0.293 e. The van der Waals surface area contributed by atoms with Gasteiger partial charge >= 0.3 is 0 Å². The molecule has 204 valence electrons. The van der Waals surface area contributed by atoms with Gasteiger partial charge in [-0.05, 0) is 54.4 Å². The molecule has 9 heteroatoms. The van der Waals surface area contributed by atoms with Gasteiger partial charge in [0.05, 0.1) is 23.5 Å². The zero-order chi connectivity index (χ0) is 28.1. The molecular weight excluding hydrogens is 516 g/mol. The summed E-state index contributed by atoms with van der Waals surface area (Å²) in [4.78, 5) is 31.4. The average molecular weight is 545 g/mol. The number of nitrogens with zero attached hydrogens (tertiary/aromatic N) is 4. The van der Waals surface area contributed by atoms with Crippen molar-refractivity contribution in [2.24, 2.45) is 7.05 Å². The highest BCUT2D eigenvalue weighted by molar-refractivity contribution is 5.87. The Bertz CT molecular complexity index is 2090. The van der Waals surface area contributed by atoms with Crippen LogP contribution in [-0.4, -0.2) is 30.2 Å². The van der Waals surface area contributed by atoms with E-state index in [9.17, 15) is 14.7 Å². The molecule has 0 saturated carbocycles. The molecular formula is C32H28N6O3. The molecule has 0 unspecified atom stereocenters. The lowest BCUT2D eigenvalue weighted by Gasteiger charge is -2.19. The lowest BCUT2D eigenvalue weighted by Crippen LogP contribution is -2.24. The van der Waals surface area contributed by atoms with E-state index in [1.54, 1.807) is 30.1 Å². The molecule has 0 spiro atoms.